The Bertz CT molecular complexity index is 549. The number of nitrogens with zero attached hydrogens (tertiary/aromatic N) is 3. The van der Waals surface area contributed by atoms with Gasteiger partial charge < -0.3 is 0 Å². The number of aromatic nitrogens is 3. The van der Waals surface area contributed by atoms with E-state index in [2.05, 4.69) is 15.2 Å². The lowest BCUT2D eigenvalue weighted by molar-refractivity contribution is 0.620. The van der Waals surface area contributed by atoms with Crippen molar-refractivity contribution in [2.75, 3.05) is 0 Å². The Hall–Kier alpha value is -1.58. The van der Waals surface area contributed by atoms with Crippen molar-refractivity contribution in [2.45, 2.75) is 10.1 Å². The Kier molecular flexibility index (Phi) is 3.08. The van der Waals surface area contributed by atoms with E-state index in [0.717, 1.165) is 11.8 Å². The molecule has 80 valence electrons. The Morgan fingerprint density at radius 1 is 1.50 bits per heavy atom. The minimum atomic E-state index is -0.603. The first-order valence-corrected chi connectivity index (χ1v) is 5.32. The van der Waals surface area contributed by atoms with Crippen LogP contribution >= 0.6 is 23.4 Å². The third kappa shape index (κ3) is 2.15. The molecule has 0 radical (unpaired) electrons. The Morgan fingerprint density at radius 2 is 2.31 bits per heavy atom. The van der Waals surface area contributed by atoms with E-state index >= 15 is 0 Å². The maximum Gasteiger partial charge on any atom is 0.188 e. The van der Waals surface area contributed by atoms with E-state index in [1.807, 2.05) is 0 Å². The van der Waals surface area contributed by atoms with Gasteiger partial charge in [0.05, 0.1) is 10.6 Å². The van der Waals surface area contributed by atoms with Gasteiger partial charge in [0.2, 0.25) is 0 Å². The molecule has 0 unspecified atom stereocenters. The number of nitriles is 1. The molecule has 0 saturated heterocycles. The molecule has 0 bridgehead atoms. The normalized spacial score (nSPS) is 10.1. The topological polar surface area (TPSA) is 65.4 Å². The highest BCUT2D eigenvalue weighted by Crippen LogP contribution is 2.32. The van der Waals surface area contributed by atoms with Gasteiger partial charge in [0.25, 0.3) is 0 Å². The second-order valence-electron chi connectivity index (χ2n) is 2.77. The summed E-state index contributed by atoms with van der Waals surface area (Å²) in [5.74, 6) is -0.603. The fourth-order valence-electron chi connectivity index (χ4n) is 1.04. The molecule has 0 saturated carbocycles. The van der Waals surface area contributed by atoms with E-state index in [1.165, 1.54) is 18.5 Å². The summed E-state index contributed by atoms with van der Waals surface area (Å²) >= 11 is 7.04. The average Bonchev–Trinajstić information content (AvgIpc) is 2.75. The van der Waals surface area contributed by atoms with E-state index in [0.29, 0.717) is 15.1 Å². The van der Waals surface area contributed by atoms with Crippen LogP contribution in [0.1, 0.15) is 5.56 Å². The molecule has 16 heavy (non-hydrogen) atoms. The molecule has 0 amide bonds. The van der Waals surface area contributed by atoms with Crippen LogP contribution in [0.5, 0.6) is 0 Å². The third-order valence-corrected chi connectivity index (χ3v) is 3.11. The maximum atomic E-state index is 13.3. The van der Waals surface area contributed by atoms with Gasteiger partial charge in [-0.2, -0.15) is 10.4 Å². The van der Waals surface area contributed by atoms with Crippen LogP contribution < -0.4 is 0 Å². The second kappa shape index (κ2) is 4.51. The molecule has 0 atom stereocenters. The van der Waals surface area contributed by atoms with Gasteiger partial charge in [-0.15, -0.1) is 0 Å². The van der Waals surface area contributed by atoms with E-state index in [4.69, 9.17) is 16.9 Å². The molecule has 0 aliphatic carbocycles. The highest BCUT2D eigenvalue weighted by Gasteiger charge is 2.10. The summed E-state index contributed by atoms with van der Waals surface area (Å²) in [5.41, 5.74) is -0.0769. The largest absolute Gasteiger partial charge is 0.254 e. The summed E-state index contributed by atoms with van der Waals surface area (Å²) in [6.07, 6.45) is 1.34. The summed E-state index contributed by atoms with van der Waals surface area (Å²) in [5, 5.41) is 15.7. The molecule has 1 aromatic heterocycles. The predicted molar refractivity (Wildman–Crippen MR) is 56.6 cm³/mol. The zero-order valence-corrected chi connectivity index (χ0v) is 9.31. The van der Waals surface area contributed by atoms with Crippen LogP contribution in [0.3, 0.4) is 0 Å². The van der Waals surface area contributed by atoms with Gasteiger partial charge in [0.15, 0.2) is 5.16 Å². The van der Waals surface area contributed by atoms with Crippen LogP contribution in [0.25, 0.3) is 0 Å². The zero-order valence-electron chi connectivity index (χ0n) is 7.74. The van der Waals surface area contributed by atoms with Gasteiger partial charge >= 0.3 is 0 Å². The van der Waals surface area contributed by atoms with Gasteiger partial charge in [-0.1, -0.05) is 11.6 Å². The molecule has 2 aromatic rings. The SMILES string of the molecule is N#Cc1cc(Cl)c(Sc2ncn[nH]2)cc1F. The van der Waals surface area contributed by atoms with Gasteiger partial charge in [-0.05, 0) is 23.9 Å². The van der Waals surface area contributed by atoms with Crippen LogP contribution in [0.2, 0.25) is 5.02 Å². The second-order valence-corrected chi connectivity index (χ2v) is 4.20. The predicted octanol–water partition coefficient (Wildman–Crippen LogP) is 2.62. The monoisotopic (exact) mass is 254 g/mol. The highest BCUT2D eigenvalue weighted by molar-refractivity contribution is 7.99. The van der Waals surface area contributed by atoms with E-state index in [1.54, 1.807) is 6.07 Å². The number of hydrogen-bond donors (Lipinski definition) is 1. The molecule has 0 fully saturated rings. The smallest absolute Gasteiger partial charge is 0.188 e. The van der Waals surface area contributed by atoms with Crippen molar-refractivity contribution in [3.8, 4) is 6.07 Å². The van der Waals surface area contributed by atoms with Crippen molar-refractivity contribution in [1.82, 2.24) is 15.2 Å². The molecule has 2 rings (SSSR count). The van der Waals surface area contributed by atoms with Crippen LogP contribution in [-0.4, -0.2) is 15.2 Å². The van der Waals surface area contributed by atoms with E-state index in [-0.39, 0.29) is 5.56 Å². The molecule has 0 aliphatic heterocycles. The minimum Gasteiger partial charge on any atom is -0.254 e. The lowest BCUT2D eigenvalue weighted by Crippen LogP contribution is -1.86. The van der Waals surface area contributed by atoms with Crippen molar-refractivity contribution in [3.05, 3.63) is 34.9 Å². The number of H-pyrrole nitrogens is 1. The summed E-state index contributed by atoms with van der Waals surface area (Å²) in [7, 11) is 0. The first-order valence-electron chi connectivity index (χ1n) is 4.13. The fourth-order valence-corrected chi connectivity index (χ4v) is 2.04. The van der Waals surface area contributed by atoms with Gasteiger partial charge in [0.1, 0.15) is 18.2 Å². The maximum absolute atomic E-state index is 13.3. The van der Waals surface area contributed by atoms with Crippen LogP contribution in [0, 0.1) is 17.1 Å². The molecule has 7 heteroatoms. The number of benzene rings is 1. The molecular formula is C9H4ClFN4S. The third-order valence-electron chi connectivity index (χ3n) is 1.74. The lowest BCUT2D eigenvalue weighted by Gasteiger charge is -2.02. The van der Waals surface area contributed by atoms with Crippen molar-refractivity contribution < 1.29 is 4.39 Å². The Balaban J connectivity index is 2.36. The van der Waals surface area contributed by atoms with Crippen molar-refractivity contribution in [1.29, 1.82) is 5.26 Å². The summed E-state index contributed by atoms with van der Waals surface area (Å²) in [4.78, 5) is 4.36. The number of rotatable bonds is 2. The molecule has 0 aliphatic rings. The van der Waals surface area contributed by atoms with Crippen LogP contribution in [0.4, 0.5) is 4.39 Å². The van der Waals surface area contributed by atoms with Crippen molar-refractivity contribution in [3.63, 3.8) is 0 Å². The molecule has 1 aromatic carbocycles. The van der Waals surface area contributed by atoms with E-state index in [9.17, 15) is 4.39 Å². The minimum absolute atomic E-state index is 0.0769. The zero-order chi connectivity index (χ0) is 11.5. The molecule has 1 N–H and O–H groups in total. The van der Waals surface area contributed by atoms with Crippen molar-refractivity contribution in [2.24, 2.45) is 0 Å². The van der Waals surface area contributed by atoms with Crippen molar-refractivity contribution >= 4 is 23.4 Å². The average molecular weight is 255 g/mol. The lowest BCUT2D eigenvalue weighted by atomic mass is 10.2. The quantitative estimate of drug-likeness (QED) is 0.895. The number of hydrogen-bond acceptors (Lipinski definition) is 4. The number of halogens is 2. The molecule has 1 heterocycles. The Labute approximate surface area is 99.5 Å². The molecular weight excluding hydrogens is 251 g/mol. The number of aromatic amines is 1. The Morgan fingerprint density at radius 3 is 2.94 bits per heavy atom. The fraction of sp³-hybridized carbons (Fsp3) is 0. The highest BCUT2D eigenvalue weighted by atomic mass is 35.5. The van der Waals surface area contributed by atoms with Crippen LogP contribution in [0.15, 0.2) is 28.5 Å². The number of nitrogens with one attached hydrogen (secondary N) is 1. The standard InChI is InChI=1S/C9H4ClFN4S/c10-6-1-5(3-12)7(11)2-8(6)16-9-13-4-14-15-9/h1-2,4H,(H,13,14,15). The van der Waals surface area contributed by atoms with Gasteiger partial charge in [-0.3, -0.25) is 5.10 Å². The molecule has 4 nitrogen and oxygen atoms in total. The summed E-state index contributed by atoms with van der Waals surface area (Å²) in [6.45, 7) is 0. The summed E-state index contributed by atoms with van der Waals surface area (Å²) < 4.78 is 13.3. The van der Waals surface area contributed by atoms with Gasteiger partial charge in [0, 0.05) is 4.90 Å². The first kappa shape index (κ1) is 10.9. The first-order chi connectivity index (χ1) is 7.70. The molecule has 0 spiro atoms. The van der Waals surface area contributed by atoms with Gasteiger partial charge in [-0.25, -0.2) is 9.37 Å². The van der Waals surface area contributed by atoms with Crippen LogP contribution in [-0.2, 0) is 0 Å². The van der Waals surface area contributed by atoms with E-state index < -0.39 is 5.82 Å². The summed E-state index contributed by atoms with van der Waals surface area (Å²) in [6, 6.07) is 4.21.